The lowest BCUT2D eigenvalue weighted by molar-refractivity contribution is 0.214. The van der Waals surface area contributed by atoms with Crippen molar-refractivity contribution in [2.45, 2.75) is 33.7 Å². The maximum atomic E-state index is 5.84. The van der Waals surface area contributed by atoms with E-state index in [1.807, 2.05) is 6.07 Å². The van der Waals surface area contributed by atoms with Crippen molar-refractivity contribution in [3.05, 3.63) is 58.7 Å². The Bertz CT molecular complexity index is 639. The summed E-state index contributed by atoms with van der Waals surface area (Å²) < 4.78 is 5.84. The Hall–Kier alpha value is -1.96. The van der Waals surface area contributed by atoms with Crippen molar-refractivity contribution in [1.29, 1.82) is 0 Å². The third-order valence-electron chi connectivity index (χ3n) is 4.30. The first-order chi connectivity index (χ1) is 10.1. The number of benzene rings is 2. The van der Waals surface area contributed by atoms with Gasteiger partial charge in [-0.05, 0) is 38.0 Å². The molecule has 2 unspecified atom stereocenters. The van der Waals surface area contributed by atoms with Crippen LogP contribution in [0.3, 0.4) is 0 Å². The topological polar surface area (TPSA) is 21.3 Å². The third kappa shape index (κ3) is 2.63. The van der Waals surface area contributed by atoms with Crippen LogP contribution in [0.15, 0.2) is 36.4 Å². The molecule has 0 radical (unpaired) electrons. The van der Waals surface area contributed by atoms with Crippen LogP contribution in [0.2, 0.25) is 0 Å². The summed E-state index contributed by atoms with van der Waals surface area (Å²) in [6.45, 7) is 9.51. The van der Waals surface area contributed by atoms with Crippen LogP contribution in [-0.4, -0.2) is 6.61 Å². The molecule has 0 spiro atoms. The molecule has 3 rings (SSSR count). The first-order valence-electron chi connectivity index (χ1n) is 7.62. The number of nitrogens with one attached hydrogen (secondary N) is 1. The van der Waals surface area contributed by atoms with E-state index in [9.17, 15) is 0 Å². The third-order valence-corrected chi connectivity index (χ3v) is 4.30. The molecule has 0 saturated heterocycles. The minimum atomic E-state index is 0.301. The second-order valence-corrected chi connectivity index (χ2v) is 6.22. The van der Waals surface area contributed by atoms with Gasteiger partial charge in [-0.2, -0.15) is 0 Å². The van der Waals surface area contributed by atoms with Crippen LogP contribution < -0.4 is 10.1 Å². The molecule has 2 aromatic rings. The van der Waals surface area contributed by atoms with Crippen LogP contribution in [0, 0.1) is 26.7 Å². The van der Waals surface area contributed by atoms with Crippen LogP contribution in [0.1, 0.15) is 35.2 Å². The maximum Gasteiger partial charge on any atom is 0.124 e. The second-order valence-electron chi connectivity index (χ2n) is 6.22. The molecular weight excluding hydrogens is 258 g/mol. The van der Waals surface area contributed by atoms with Crippen LogP contribution in [-0.2, 0) is 0 Å². The number of fused-ring (bicyclic) bond motifs is 1. The summed E-state index contributed by atoms with van der Waals surface area (Å²) in [7, 11) is 0. The zero-order valence-corrected chi connectivity index (χ0v) is 13.2. The van der Waals surface area contributed by atoms with E-state index >= 15 is 0 Å². The molecule has 21 heavy (non-hydrogen) atoms. The number of hydrogen-bond acceptors (Lipinski definition) is 2. The molecule has 0 aromatic heterocycles. The predicted molar refractivity (Wildman–Crippen MR) is 88.1 cm³/mol. The highest BCUT2D eigenvalue weighted by Crippen LogP contribution is 2.38. The van der Waals surface area contributed by atoms with Crippen LogP contribution >= 0.6 is 0 Å². The molecule has 2 nitrogen and oxygen atoms in total. The Morgan fingerprint density at radius 3 is 2.43 bits per heavy atom. The molecule has 1 N–H and O–H groups in total. The number of anilines is 1. The summed E-state index contributed by atoms with van der Waals surface area (Å²) in [6, 6.07) is 13.1. The number of aryl methyl sites for hydroxylation is 3. The summed E-state index contributed by atoms with van der Waals surface area (Å²) in [5, 5.41) is 3.77. The van der Waals surface area contributed by atoms with Gasteiger partial charge in [0.2, 0.25) is 0 Å². The van der Waals surface area contributed by atoms with Crippen molar-refractivity contribution < 1.29 is 4.74 Å². The second kappa shape index (κ2) is 5.44. The average molecular weight is 281 g/mol. The Morgan fingerprint density at radius 1 is 1.05 bits per heavy atom. The lowest BCUT2D eigenvalue weighted by Crippen LogP contribution is -2.29. The summed E-state index contributed by atoms with van der Waals surface area (Å²) in [4.78, 5) is 0. The van der Waals surface area contributed by atoms with Gasteiger partial charge in [0, 0.05) is 17.2 Å². The van der Waals surface area contributed by atoms with Gasteiger partial charge in [0.25, 0.3) is 0 Å². The minimum Gasteiger partial charge on any atom is -0.493 e. The van der Waals surface area contributed by atoms with Crippen molar-refractivity contribution in [3.63, 3.8) is 0 Å². The molecule has 110 valence electrons. The number of ether oxygens (including phenoxy) is 1. The zero-order chi connectivity index (χ0) is 15.0. The smallest absolute Gasteiger partial charge is 0.124 e. The van der Waals surface area contributed by atoms with Gasteiger partial charge in [-0.25, -0.2) is 0 Å². The van der Waals surface area contributed by atoms with E-state index < -0.39 is 0 Å². The molecule has 0 saturated carbocycles. The lowest BCUT2D eigenvalue weighted by atomic mass is 9.91. The molecule has 1 aliphatic heterocycles. The number of rotatable bonds is 2. The first-order valence-corrected chi connectivity index (χ1v) is 7.62. The van der Waals surface area contributed by atoms with E-state index in [4.69, 9.17) is 4.74 Å². The Labute approximate surface area is 127 Å². The Morgan fingerprint density at radius 2 is 1.71 bits per heavy atom. The molecule has 1 aliphatic rings. The van der Waals surface area contributed by atoms with Gasteiger partial charge in [0.1, 0.15) is 5.75 Å². The van der Waals surface area contributed by atoms with Gasteiger partial charge in [0.15, 0.2) is 0 Å². The fourth-order valence-electron chi connectivity index (χ4n) is 3.28. The fraction of sp³-hybridized carbons (Fsp3) is 0.368. The zero-order valence-electron chi connectivity index (χ0n) is 13.2. The minimum absolute atomic E-state index is 0.301. The summed E-state index contributed by atoms with van der Waals surface area (Å²) in [5.74, 6) is 1.45. The van der Waals surface area contributed by atoms with Gasteiger partial charge >= 0.3 is 0 Å². The molecule has 2 aromatic carbocycles. The quantitative estimate of drug-likeness (QED) is 0.854. The van der Waals surface area contributed by atoms with Gasteiger partial charge in [-0.3, -0.25) is 0 Å². The summed E-state index contributed by atoms with van der Waals surface area (Å²) in [6.07, 6.45) is 0. The van der Waals surface area contributed by atoms with Gasteiger partial charge in [0.05, 0.1) is 12.6 Å². The highest BCUT2D eigenvalue weighted by atomic mass is 16.5. The van der Waals surface area contributed by atoms with E-state index in [-0.39, 0.29) is 0 Å². The molecule has 0 aliphatic carbocycles. The Balaban J connectivity index is 1.98. The SMILES string of the molecule is Cc1cc(C)c(NC2c3ccccc3OCC2C)c(C)c1. The van der Waals surface area contributed by atoms with E-state index in [0.717, 1.165) is 12.4 Å². The molecule has 0 bridgehead atoms. The standard InChI is InChI=1S/C19H23NO/c1-12-9-13(2)18(14(3)10-12)20-19-15(4)11-21-17-8-6-5-7-16(17)19/h5-10,15,19-20H,11H2,1-4H3. The van der Waals surface area contributed by atoms with Gasteiger partial charge in [-0.1, -0.05) is 42.8 Å². The van der Waals surface area contributed by atoms with E-state index in [1.165, 1.54) is 27.9 Å². The van der Waals surface area contributed by atoms with E-state index in [1.54, 1.807) is 0 Å². The largest absolute Gasteiger partial charge is 0.493 e. The van der Waals surface area contributed by atoms with Gasteiger partial charge in [-0.15, -0.1) is 0 Å². The number of para-hydroxylation sites is 1. The van der Waals surface area contributed by atoms with E-state index in [2.05, 4.69) is 63.3 Å². The monoisotopic (exact) mass is 281 g/mol. The van der Waals surface area contributed by atoms with Crippen molar-refractivity contribution in [2.24, 2.45) is 5.92 Å². The predicted octanol–water partition coefficient (Wildman–Crippen LogP) is 4.79. The van der Waals surface area contributed by atoms with E-state index in [0.29, 0.717) is 12.0 Å². The summed E-state index contributed by atoms with van der Waals surface area (Å²) >= 11 is 0. The Kier molecular flexibility index (Phi) is 3.62. The normalized spacial score (nSPS) is 20.6. The molecule has 0 amide bonds. The average Bonchev–Trinajstić information content (AvgIpc) is 2.44. The molecule has 0 fully saturated rings. The van der Waals surface area contributed by atoms with Crippen molar-refractivity contribution in [1.82, 2.24) is 0 Å². The van der Waals surface area contributed by atoms with Crippen molar-refractivity contribution in [3.8, 4) is 5.75 Å². The van der Waals surface area contributed by atoms with Gasteiger partial charge < -0.3 is 10.1 Å². The van der Waals surface area contributed by atoms with Crippen LogP contribution in [0.5, 0.6) is 5.75 Å². The van der Waals surface area contributed by atoms with Crippen molar-refractivity contribution in [2.75, 3.05) is 11.9 Å². The maximum absolute atomic E-state index is 5.84. The molecular formula is C19H23NO. The highest BCUT2D eigenvalue weighted by molar-refractivity contribution is 5.60. The fourth-order valence-corrected chi connectivity index (χ4v) is 3.28. The molecule has 1 heterocycles. The van der Waals surface area contributed by atoms with Crippen molar-refractivity contribution >= 4 is 5.69 Å². The lowest BCUT2D eigenvalue weighted by Gasteiger charge is -2.33. The highest BCUT2D eigenvalue weighted by Gasteiger charge is 2.28. The first kappa shape index (κ1) is 14.0. The number of hydrogen-bond donors (Lipinski definition) is 1. The molecule has 2 heteroatoms. The van der Waals surface area contributed by atoms with Crippen LogP contribution in [0.4, 0.5) is 5.69 Å². The van der Waals surface area contributed by atoms with Crippen LogP contribution in [0.25, 0.3) is 0 Å². The molecule has 2 atom stereocenters. The summed E-state index contributed by atoms with van der Waals surface area (Å²) in [5.41, 5.74) is 6.45.